The third-order valence-electron chi connectivity index (χ3n) is 3.80. The molecule has 1 aliphatic carbocycles. The first-order chi connectivity index (χ1) is 8.55. The Kier molecular flexibility index (Phi) is 3.85. The molecule has 0 bridgehead atoms. The molecule has 1 N–H and O–H groups in total. The summed E-state index contributed by atoms with van der Waals surface area (Å²) in [6, 6.07) is 1.52. The van der Waals surface area contributed by atoms with Crippen LogP contribution in [0.15, 0.2) is 10.9 Å². The van der Waals surface area contributed by atoms with Gasteiger partial charge in [0, 0.05) is 18.4 Å². The summed E-state index contributed by atoms with van der Waals surface area (Å²) in [5.41, 5.74) is 0.286. The summed E-state index contributed by atoms with van der Waals surface area (Å²) < 4.78 is 5.98. The van der Waals surface area contributed by atoms with Crippen LogP contribution in [0.2, 0.25) is 0 Å². The van der Waals surface area contributed by atoms with Crippen LogP contribution in [-0.4, -0.2) is 16.6 Å². The largest absolute Gasteiger partial charge is 0.367 e. The highest BCUT2D eigenvalue weighted by Crippen LogP contribution is 2.40. The van der Waals surface area contributed by atoms with Crippen LogP contribution in [0, 0.1) is 12.8 Å². The number of nitrogens with zero attached hydrogens (tertiary/aromatic N) is 1. The highest BCUT2D eigenvalue weighted by molar-refractivity contribution is 5.09. The van der Waals surface area contributed by atoms with Crippen molar-refractivity contribution in [1.82, 2.24) is 9.97 Å². The third-order valence-corrected chi connectivity index (χ3v) is 3.80. The van der Waals surface area contributed by atoms with E-state index < -0.39 is 0 Å². The van der Waals surface area contributed by atoms with Gasteiger partial charge in [-0.2, -0.15) is 0 Å². The van der Waals surface area contributed by atoms with E-state index in [0.29, 0.717) is 12.4 Å². The summed E-state index contributed by atoms with van der Waals surface area (Å²) in [4.78, 5) is 19.0. The second-order valence-corrected chi connectivity index (χ2v) is 5.35. The third kappa shape index (κ3) is 2.64. The fraction of sp³-hybridized carbons (Fsp3) is 0.714. The first-order valence-corrected chi connectivity index (χ1v) is 6.78. The summed E-state index contributed by atoms with van der Waals surface area (Å²) in [5.74, 6) is 1.44. The fourth-order valence-corrected chi connectivity index (χ4v) is 2.75. The molecule has 0 unspecified atom stereocenters. The van der Waals surface area contributed by atoms with E-state index in [1.165, 1.54) is 6.07 Å². The molecule has 2 rings (SSSR count). The van der Waals surface area contributed by atoms with Crippen molar-refractivity contribution in [1.29, 1.82) is 0 Å². The fourth-order valence-electron chi connectivity index (χ4n) is 2.75. The van der Waals surface area contributed by atoms with E-state index >= 15 is 0 Å². The Bertz CT molecular complexity index is 459. The molecule has 0 radical (unpaired) electrons. The number of aryl methyl sites for hydroxylation is 1. The van der Waals surface area contributed by atoms with Crippen molar-refractivity contribution >= 4 is 0 Å². The van der Waals surface area contributed by atoms with Crippen LogP contribution in [0.3, 0.4) is 0 Å². The van der Waals surface area contributed by atoms with Crippen molar-refractivity contribution in [3.8, 4) is 0 Å². The van der Waals surface area contributed by atoms with Crippen LogP contribution in [0.1, 0.15) is 51.0 Å². The van der Waals surface area contributed by atoms with Gasteiger partial charge in [-0.1, -0.05) is 6.92 Å². The molecule has 1 heterocycles. The first kappa shape index (κ1) is 13.3. The molecule has 1 aromatic heterocycles. The number of hydrogen-bond acceptors (Lipinski definition) is 3. The average Bonchev–Trinajstić information content (AvgIpc) is 2.31. The molecule has 0 saturated heterocycles. The predicted octanol–water partition coefficient (Wildman–Crippen LogP) is 2.52. The Morgan fingerprint density at radius 3 is 2.72 bits per heavy atom. The zero-order chi connectivity index (χ0) is 13.2. The van der Waals surface area contributed by atoms with Crippen LogP contribution >= 0.6 is 0 Å². The first-order valence-electron chi connectivity index (χ1n) is 6.78. The van der Waals surface area contributed by atoms with Gasteiger partial charge in [0.1, 0.15) is 11.4 Å². The lowest BCUT2D eigenvalue weighted by Gasteiger charge is -2.38. The average molecular weight is 250 g/mol. The number of hydrogen-bond donors (Lipinski definition) is 1. The minimum absolute atomic E-state index is 0.0878. The zero-order valence-electron chi connectivity index (χ0n) is 11.5. The normalized spacial score (nSPS) is 28.3. The topological polar surface area (TPSA) is 55.0 Å². The SMILES string of the molecule is CCOC1(c2nc(C)cc(=O)[nH]2)CCC(C)CC1. The molecule has 100 valence electrons. The molecule has 1 aromatic rings. The van der Waals surface area contributed by atoms with Crippen molar-refractivity contribution in [2.75, 3.05) is 6.61 Å². The van der Waals surface area contributed by atoms with Gasteiger partial charge in [-0.3, -0.25) is 4.79 Å². The predicted molar refractivity (Wildman–Crippen MR) is 70.5 cm³/mol. The van der Waals surface area contributed by atoms with Gasteiger partial charge in [0.25, 0.3) is 5.56 Å². The van der Waals surface area contributed by atoms with E-state index in [1.807, 2.05) is 13.8 Å². The summed E-state index contributed by atoms with van der Waals surface area (Å²) in [6.45, 7) is 6.76. The Balaban J connectivity index is 2.37. The maximum absolute atomic E-state index is 11.6. The molecule has 1 saturated carbocycles. The number of ether oxygens (including phenoxy) is 1. The molecule has 1 aliphatic rings. The monoisotopic (exact) mass is 250 g/mol. The molecule has 0 atom stereocenters. The van der Waals surface area contributed by atoms with Crippen LogP contribution < -0.4 is 5.56 Å². The number of H-pyrrole nitrogens is 1. The number of aromatic amines is 1. The molecule has 0 amide bonds. The van der Waals surface area contributed by atoms with Gasteiger partial charge in [0.2, 0.25) is 0 Å². The van der Waals surface area contributed by atoms with Gasteiger partial charge in [-0.05, 0) is 45.4 Å². The van der Waals surface area contributed by atoms with Gasteiger partial charge in [-0.15, -0.1) is 0 Å². The second-order valence-electron chi connectivity index (χ2n) is 5.35. The molecule has 1 fully saturated rings. The Hall–Kier alpha value is -1.16. The van der Waals surface area contributed by atoms with E-state index in [4.69, 9.17) is 4.74 Å². The summed E-state index contributed by atoms with van der Waals surface area (Å²) in [7, 11) is 0. The Morgan fingerprint density at radius 2 is 2.17 bits per heavy atom. The molecule has 4 nitrogen and oxygen atoms in total. The van der Waals surface area contributed by atoms with E-state index in [2.05, 4.69) is 16.9 Å². The number of nitrogens with one attached hydrogen (secondary N) is 1. The lowest BCUT2D eigenvalue weighted by atomic mass is 9.79. The van der Waals surface area contributed by atoms with E-state index in [-0.39, 0.29) is 11.2 Å². The lowest BCUT2D eigenvalue weighted by molar-refractivity contribution is -0.0839. The molecule has 0 spiro atoms. The maximum Gasteiger partial charge on any atom is 0.251 e. The standard InChI is InChI=1S/C14H22N2O2/c1-4-18-14(7-5-10(2)6-8-14)13-15-11(3)9-12(17)16-13/h9-10H,4-8H2,1-3H3,(H,15,16,17). The minimum Gasteiger partial charge on any atom is -0.367 e. The quantitative estimate of drug-likeness (QED) is 0.896. The molecule has 0 aliphatic heterocycles. The zero-order valence-corrected chi connectivity index (χ0v) is 11.5. The summed E-state index contributed by atoms with van der Waals surface area (Å²) in [5, 5.41) is 0. The van der Waals surface area contributed by atoms with Gasteiger partial charge >= 0.3 is 0 Å². The van der Waals surface area contributed by atoms with E-state index in [0.717, 1.165) is 37.3 Å². The van der Waals surface area contributed by atoms with Crippen molar-refractivity contribution in [3.05, 3.63) is 27.9 Å². The smallest absolute Gasteiger partial charge is 0.251 e. The number of aromatic nitrogens is 2. The van der Waals surface area contributed by atoms with Crippen LogP contribution in [-0.2, 0) is 10.3 Å². The maximum atomic E-state index is 11.6. The number of rotatable bonds is 3. The van der Waals surface area contributed by atoms with Gasteiger partial charge < -0.3 is 9.72 Å². The second kappa shape index (κ2) is 5.22. The Morgan fingerprint density at radius 1 is 1.50 bits per heavy atom. The van der Waals surface area contributed by atoms with E-state index in [9.17, 15) is 4.79 Å². The lowest BCUT2D eigenvalue weighted by Crippen LogP contribution is -2.37. The molecule has 4 heteroatoms. The van der Waals surface area contributed by atoms with Crippen LogP contribution in [0.25, 0.3) is 0 Å². The molecule has 0 aromatic carbocycles. The van der Waals surface area contributed by atoms with Crippen LogP contribution in [0.5, 0.6) is 0 Å². The van der Waals surface area contributed by atoms with Gasteiger partial charge in [0.15, 0.2) is 0 Å². The van der Waals surface area contributed by atoms with Crippen LogP contribution in [0.4, 0.5) is 0 Å². The molecule has 18 heavy (non-hydrogen) atoms. The van der Waals surface area contributed by atoms with Gasteiger partial charge in [-0.25, -0.2) is 4.98 Å². The van der Waals surface area contributed by atoms with Crippen molar-refractivity contribution in [3.63, 3.8) is 0 Å². The Labute approximate surface area is 108 Å². The van der Waals surface area contributed by atoms with E-state index in [1.54, 1.807) is 0 Å². The molecular weight excluding hydrogens is 228 g/mol. The highest BCUT2D eigenvalue weighted by Gasteiger charge is 2.38. The highest BCUT2D eigenvalue weighted by atomic mass is 16.5. The van der Waals surface area contributed by atoms with Crippen molar-refractivity contribution in [2.45, 2.75) is 52.1 Å². The molecular formula is C14H22N2O2. The minimum atomic E-state index is -0.382. The van der Waals surface area contributed by atoms with Gasteiger partial charge in [0.05, 0.1) is 0 Å². The van der Waals surface area contributed by atoms with Crippen molar-refractivity contribution in [2.24, 2.45) is 5.92 Å². The summed E-state index contributed by atoms with van der Waals surface area (Å²) in [6.07, 6.45) is 4.12. The summed E-state index contributed by atoms with van der Waals surface area (Å²) >= 11 is 0. The van der Waals surface area contributed by atoms with Crippen molar-refractivity contribution < 1.29 is 4.74 Å².